The van der Waals surface area contributed by atoms with Gasteiger partial charge in [-0.15, -0.1) is 0 Å². The molecule has 2 aliphatic heterocycles. The summed E-state index contributed by atoms with van der Waals surface area (Å²) in [7, 11) is 0. The second-order valence-electron chi connectivity index (χ2n) is 10.8. The van der Waals surface area contributed by atoms with Crippen LogP contribution in [0.2, 0.25) is 5.02 Å². The largest absolute Gasteiger partial charge is 0.329 e. The molecule has 0 spiro atoms. The molecule has 2 unspecified atom stereocenters. The zero-order chi connectivity index (χ0) is 26.4. The first-order chi connectivity index (χ1) is 18.4. The van der Waals surface area contributed by atoms with Gasteiger partial charge in [-0.1, -0.05) is 55.8 Å². The molecule has 38 heavy (non-hydrogen) atoms. The third-order valence-corrected chi connectivity index (χ3v) is 8.06. The van der Waals surface area contributed by atoms with Crippen molar-refractivity contribution in [2.75, 3.05) is 13.1 Å². The molecule has 2 aliphatic rings. The molecule has 0 saturated carbocycles. The Morgan fingerprint density at radius 3 is 2.45 bits per heavy atom. The lowest BCUT2D eigenvalue weighted by Gasteiger charge is -2.49. The number of ketones is 1. The average molecular weight is 527 g/mol. The van der Waals surface area contributed by atoms with Gasteiger partial charge in [0, 0.05) is 54.8 Å². The van der Waals surface area contributed by atoms with Crippen LogP contribution in [0.15, 0.2) is 72.9 Å². The van der Waals surface area contributed by atoms with Crippen LogP contribution in [-0.2, 0) is 11.3 Å². The zero-order valence-corrected chi connectivity index (χ0v) is 22.4. The first-order valence-electron chi connectivity index (χ1n) is 13.3. The summed E-state index contributed by atoms with van der Waals surface area (Å²) in [5, 5.41) is 0.691. The number of nitrogens with zero attached hydrogens (tertiary/aromatic N) is 4. The van der Waals surface area contributed by atoms with Crippen LogP contribution in [0.4, 0.5) is 0 Å². The van der Waals surface area contributed by atoms with E-state index in [9.17, 15) is 9.59 Å². The molecule has 6 rings (SSSR count). The molecule has 2 aromatic heterocycles. The summed E-state index contributed by atoms with van der Waals surface area (Å²) in [6.45, 7) is 6.24. The standard InChI is InChI=1S/C31H31ClN4O2/c1-20(2)22-6-5-7-23(14-22)31(38)36-25-15-27(37)16-26(36)18-34(17-25)19-28-30(21-9-11-24(32)12-10-21)33-29-8-3-4-13-35(28)29/h3-14,20,25-26H,15-19H2,1-2H3. The Morgan fingerprint density at radius 1 is 1.00 bits per heavy atom. The van der Waals surface area contributed by atoms with E-state index < -0.39 is 0 Å². The van der Waals surface area contributed by atoms with Crippen molar-refractivity contribution >= 4 is 28.9 Å². The molecule has 2 fully saturated rings. The molecular formula is C31H31ClN4O2. The number of amides is 1. The van der Waals surface area contributed by atoms with Gasteiger partial charge in [0.2, 0.25) is 0 Å². The lowest BCUT2D eigenvalue weighted by atomic mass is 9.89. The van der Waals surface area contributed by atoms with Gasteiger partial charge in [-0.25, -0.2) is 4.98 Å². The summed E-state index contributed by atoms with van der Waals surface area (Å²) < 4.78 is 2.14. The van der Waals surface area contributed by atoms with Crippen LogP contribution in [0.5, 0.6) is 0 Å². The number of pyridine rings is 1. The van der Waals surface area contributed by atoms with E-state index in [1.165, 1.54) is 0 Å². The van der Waals surface area contributed by atoms with E-state index in [0.717, 1.165) is 28.2 Å². The summed E-state index contributed by atoms with van der Waals surface area (Å²) in [4.78, 5) is 35.7. The van der Waals surface area contributed by atoms with Gasteiger partial charge in [0.15, 0.2) is 0 Å². The summed E-state index contributed by atoms with van der Waals surface area (Å²) >= 11 is 6.15. The fraction of sp³-hybridized carbons (Fsp3) is 0.323. The smallest absolute Gasteiger partial charge is 0.254 e. The number of hydrogen-bond donors (Lipinski definition) is 0. The van der Waals surface area contributed by atoms with Crippen molar-refractivity contribution < 1.29 is 9.59 Å². The second-order valence-corrected chi connectivity index (χ2v) is 11.2. The van der Waals surface area contributed by atoms with E-state index in [1.807, 2.05) is 71.8 Å². The van der Waals surface area contributed by atoms with Gasteiger partial charge in [-0.05, 0) is 47.9 Å². The number of benzene rings is 2. The van der Waals surface area contributed by atoms with Crippen molar-refractivity contribution in [1.29, 1.82) is 0 Å². The number of fused-ring (bicyclic) bond motifs is 3. The van der Waals surface area contributed by atoms with E-state index >= 15 is 0 Å². The van der Waals surface area contributed by atoms with Crippen LogP contribution in [0.1, 0.15) is 54.2 Å². The number of aromatic nitrogens is 2. The number of likely N-dealkylation sites (tertiary alicyclic amines) is 1. The summed E-state index contributed by atoms with van der Waals surface area (Å²) in [5.41, 5.74) is 5.79. The monoisotopic (exact) mass is 526 g/mol. The van der Waals surface area contributed by atoms with Gasteiger partial charge in [0.05, 0.1) is 23.5 Å². The zero-order valence-electron chi connectivity index (χ0n) is 21.7. The molecule has 1 amide bonds. The molecule has 0 radical (unpaired) electrons. The van der Waals surface area contributed by atoms with Crippen molar-refractivity contribution in [3.05, 3.63) is 94.8 Å². The van der Waals surface area contributed by atoms with E-state index in [2.05, 4.69) is 29.2 Å². The minimum Gasteiger partial charge on any atom is -0.329 e. The molecular weight excluding hydrogens is 496 g/mol. The number of imidazole rings is 1. The van der Waals surface area contributed by atoms with Gasteiger partial charge in [-0.2, -0.15) is 0 Å². The SMILES string of the molecule is CC(C)c1cccc(C(=O)N2C3CC(=O)CC2CN(Cc2c(-c4ccc(Cl)cc4)nc4ccccn24)C3)c1. The number of halogens is 1. The number of rotatable bonds is 5. The molecule has 4 aromatic rings. The van der Waals surface area contributed by atoms with Crippen LogP contribution in [0.25, 0.3) is 16.9 Å². The Hall–Kier alpha value is -3.48. The molecule has 4 heterocycles. The number of piperazine rings is 1. The van der Waals surface area contributed by atoms with Crippen molar-refractivity contribution in [2.45, 2.75) is 51.2 Å². The molecule has 2 aromatic carbocycles. The van der Waals surface area contributed by atoms with Crippen molar-refractivity contribution in [3.63, 3.8) is 0 Å². The molecule has 0 N–H and O–H groups in total. The summed E-state index contributed by atoms with van der Waals surface area (Å²) in [5.74, 6) is 0.628. The Kier molecular flexibility index (Phi) is 6.54. The molecule has 2 saturated heterocycles. The van der Waals surface area contributed by atoms with Gasteiger partial charge in [0.25, 0.3) is 5.91 Å². The Morgan fingerprint density at radius 2 is 1.74 bits per heavy atom. The highest BCUT2D eigenvalue weighted by atomic mass is 35.5. The fourth-order valence-electron chi connectivity index (χ4n) is 5.97. The van der Waals surface area contributed by atoms with Crippen molar-refractivity contribution in [1.82, 2.24) is 19.2 Å². The normalized spacial score (nSPS) is 19.9. The van der Waals surface area contributed by atoms with Crippen LogP contribution in [0.3, 0.4) is 0 Å². The third-order valence-electron chi connectivity index (χ3n) is 7.81. The van der Waals surface area contributed by atoms with Crippen molar-refractivity contribution in [3.8, 4) is 11.3 Å². The molecule has 2 atom stereocenters. The maximum absolute atomic E-state index is 13.7. The molecule has 2 bridgehead atoms. The average Bonchev–Trinajstić information content (AvgIpc) is 3.26. The first-order valence-corrected chi connectivity index (χ1v) is 13.6. The number of hydrogen-bond acceptors (Lipinski definition) is 4. The van der Waals surface area contributed by atoms with E-state index in [4.69, 9.17) is 16.6 Å². The van der Waals surface area contributed by atoms with E-state index in [0.29, 0.717) is 49.0 Å². The maximum Gasteiger partial charge on any atom is 0.254 e. The lowest BCUT2D eigenvalue weighted by Crippen LogP contribution is -2.63. The first kappa shape index (κ1) is 24.8. The van der Waals surface area contributed by atoms with Gasteiger partial charge < -0.3 is 9.30 Å². The summed E-state index contributed by atoms with van der Waals surface area (Å²) in [6, 6.07) is 21.5. The summed E-state index contributed by atoms with van der Waals surface area (Å²) in [6.07, 6.45) is 2.85. The van der Waals surface area contributed by atoms with E-state index in [-0.39, 0.29) is 23.8 Å². The Balaban J connectivity index is 1.30. The van der Waals surface area contributed by atoms with E-state index in [1.54, 1.807) is 0 Å². The Labute approximate surface area is 227 Å². The van der Waals surface area contributed by atoms with Crippen LogP contribution in [0, 0.1) is 0 Å². The number of carbonyl (C=O) groups excluding carboxylic acids is 2. The third kappa shape index (κ3) is 4.63. The highest BCUT2D eigenvalue weighted by Gasteiger charge is 2.43. The van der Waals surface area contributed by atoms with Gasteiger partial charge in [0.1, 0.15) is 11.4 Å². The van der Waals surface area contributed by atoms with Crippen molar-refractivity contribution in [2.24, 2.45) is 0 Å². The highest BCUT2D eigenvalue weighted by Crippen LogP contribution is 2.32. The van der Waals surface area contributed by atoms with Gasteiger partial charge in [-0.3, -0.25) is 14.5 Å². The van der Waals surface area contributed by atoms with Crippen LogP contribution < -0.4 is 0 Å². The number of piperidine rings is 1. The highest BCUT2D eigenvalue weighted by molar-refractivity contribution is 6.30. The quantitative estimate of drug-likeness (QED) is 0.328. The molecule has 194 valence electrons. The minimum absolute atomic E-state index is 0.0336. The predicted molar refractivity (Wildman–Crippen MR) is 149 cm³/mol. The van der Waals surface area contributed by atoms with Crippen LogP contribution >= 0.6 is 11.6 Å². The Bertz CT molecular complexity index is 1490. The maximum atomic E-state index is 13.7. The predicted octanol–water partition coefficient (Wildman–Crippen LogP) is 5.84. The minimum atomic E-state index is -0.136. The number of carbonyl (C=O) groups is 2. The topological polar surface area (TPSA) is 57.9 Å². The fourth-order valence-corrected chi connectivity index (χ4v) is 6.09. The molecule has 6 nitrogen and oxygen atoms in total. The molecule has 7 heteroatoms. The lowest BCUT2D eigenvalue weighted by molar-refractivity contribution is -0.127. The molecule has 0 aliphatic carbocycles. The number of Topliss-reactive ketones (excluding diaryl/α,β-unsaturated/α-hetero) is 1. The van der Waals surface area contributed by atoms with Crippen LogP contribution in [-0.4, -0.2) is 56.0 Å². The van der Waals surface area contributed by atoms with Gasteiger partial charge >= 0.3 is 0 Å². The second kappa shape index (κ2) is 10.0.